The molecule has 1 aliphatic carbocycles. The molecule has 0 aromatic heterocycles. The normalized spacial score (nSPS) is 32.5. The van der Waals surface area contributed by atoms with Gasteiger partial charge in [-0.3, -0.25) is 0 Å². The molecule has 0 saturated heterocycles. The molecule has 0 aliphatic heterocycles. The molecule has 1 heteroatoms. The summed E-state index contributed by atoms with van der Waals surface area (Å²) in [5, 5.41) is 10.5. The lowest BCUT2D eigenvalue weighted by Gasteiger charge is -2.43. The minimum Gasteiger partial charge on any atom is -0.388 e. The van der Waals surface area contributed by atoms with Gasteiger partial charge in [-0.25, -0.2) is 0 Å². The van der Waals surface area contributed by atoms with Crippen LogP contribution in [0.5, 0.6) is 0 Å². The Kier molecular flexibility index (Phi) is 3.59. The fraction of sp³-hybridized carbons (Fsp3) is 0.867. The largest absolute Gasteiger partial charge is 0.388 e. The van der Waals surface area contributed by atoms with Gasteiger partial charge in [0.05, 0.1) is 6.10 Å². The lowest BCUT2D eigenvalue weighted by Crippen LogP contribution is -2.40. The van der Waals surface area contributed by atoms with E-state index in [0.29, 0.717) is 11.8 Å². The van der Waals surface area contributed by atoms with Crippen molar-refractivity contribution in [3.05, 3.63) is 11.6 Å². The van der Waals surface area contributed by atoms with Gasteiger partial charge >= 0.3 is 0 Å². The Bertz CT molecular complexity index is 275. The van der Waals surface area contributed by atoms with Gasteiger partial charge in [0.15, 0.2) is 0 Å². The molecule has 16 heavy (non-hydrogen) atoms. The van der Waals surface area contributed by atoms with Gasteiger partial charge in [0.1, 0.15) is 0 Å². The van der Waals surface area contributed by atoms with E-state index in [4.69, 9.17) is 0 Å². The Labute approximate surface area is 101 Å². The Morgan fingerprint density at radius 1 is 1.12 bits per heavy atom. The van der Waals surface area contributed by atoms with Crippen molar-refractivity contribution >= 4 is 0 Å². The summed E-state index contributed by atoms with van der Waals surface area (Å²) in [6.07, 6.45) is 3.12. The second kappa shape index (κ2) is 4.18. The third-order valence-corrected chi connectivity index (χ3v) is 3.77. The van der Waals surface area contributed by atoms with E-state index in [-0.39, 0.29) is 16.9 Å². The van der Waals surface area contributed by atoms with E-state index in [1.54, 1.807) is 0 Å². The summed E-state index contributed by atoms with van der Waals surface area (Å²) in [5.74, 6) is 0.962. The molecule has 0 saturated carbocycles. The van der Waals surface area contributed by atoms with Crippen molar-refractivity contribution in [2.45, 2.75) is 61.0 Å². The van der Waals surface area contributed by atoms with E-state index >= 15 is 0 Å². The molecule has 0 fully saturated rings. The van der Waals surface area contributed by atoms with Crippen molar-refractivity contribution in [1.29, 1.82) is 0 Å². The van der Waals surface area contributed by atoms with E-state index in [2.05, 4.69) is 54.5 Å². The first-order valence-electron chi connectivity index (χ1n) is 6.43. The summed E-state index contributed by atoms with van der Waals surface area (Å²) < 4.78 is 0. The predicted octanol–water partition coefficient (Wildman–Crippen LogP) is 4.02. The quantitative estimate of drug-likeness (QED) is 0.616. The summed E-state index contributed by atoms with van der Waals surface area (Å²) in [6, 6.07) is 0. The van der Waals surface area contributed by atoms with Crippen LogP contribution in [0.25, 0.3) is 0 Å². The van der Waals surface area contributed by atoms with Crippen LogP contribution in [0.1, 0.15) is 54.9 Å². The predicted molar refractivity (Wildman–Crippen MR) is 70.3 cm³/mol. The van der Waals surface area contributed by atoms with Crippen LogP contribution in [-0.2, 0) is 0 Å². The van der Waals surface area contributed by atoms with Crippen LogP contribution in [0, 0.1) is 22.7 Å². The van der Waals surface area contributed by atoms with Crippen LogP contribution in [0.15, 0.2) is 11.6 Å². The van der Waals surface area contributed by atoms with Gasteiger partial charge in [0.25, 0.3) is 0 Å². The monoisotopic (exact) mass is 224 g/mol. The van der Waals surface area contributed by atoms with Crippen molar-refractivity contribution in [3.63, 3.8) is 0 Å². The second-order valence-corrected chi connectivity index (χ2v) is 7.50. The molecule has 0 radical (unpaired) electrons. The van der Waals surface area contributed by atoms with Crippen molar-refractivity contribution in [3.8, 4) is 0 Å². The molecule has 0 amide bonds. The lowest BCUT2D eigenvalue weighted by atomic mass is 9.64. The third-order valence-electron chi connectivity index (χ3n) is 3.77. The summed E-state index contributed by atoms with van der Waals surface area (Å²) in [4.78, 5) is 0. The number of hydrogen-bond donors (Lipinski definition) is 1. The van der Waals surface area contributed by atoms with Gasteiger partial charge in [0.2, 0.25) is 0 Å². The number of hydrogen-bond acceptors (Lipinski definition) is 1. The molecule has 0 heterocycles. The fourth-order valence-corrected chi connectivity index (χ4v) is 2.74. The molecule has 0 spiro atoms. The lowest BCUT2D eigenvalue weighted by molar-refractivity contribution is 0.0344. The zero-order chi connectivity index (χ0) is 12.7. The fourth-order valence-electron chi connectivity index (χ4n) is 2.74. The van der Waals surface area contributed by atoms with Crippen LogP contribution in [0.2, 0.25) is 0 Å². The first kappa shape index (κ1) is 13.8. The Hall–Kier alpha value is -0.300. The van der Waals surface area contributed by atoms with Gasteiger partial charge in [-0.2, -0.15) is 0 Å². The molecule has 94 valence electrons. The standard InChI is InChI=1S/C15H28O/c1-10-8-11(14(2,3)4)13(16)12(9-10)15(5,6)7/h8,10,12-13,16H,9H2,1-7H3. The number of aliphatic hydroxyl groups is 1. The zero-order valence-corrected chi connectivity index (χ0v) is 12.0. The van der Waals surface area contributed by atoms with Crippen LogP contribution >= 0.6 is 0 Å². The molecule has 0 aromatic carbocycles. The number of allylic oxidation sites excluding steroid dienone is 1. The Balaban J connectivity index is 3.05. The van der Waals surface area contributed by atoms with Gasteiger partial charge in [-0.15, -0.1) is 0 Å². The summed E-state index contributed by atoms with van der Waals surface area (Å²) in [7, 11) is 0. The van der Waals surface area contributed by atoms with E-state index in [1.807, 2.05) is 0 Å². The van der Waals surface area contributed by atoms with Gasteiger partial charge < -0.3 is 5.11 Å². The molecule has 0 aromatic rings. The minimum absolute atomic E-state index is 0.0809. The average Bonchev–Trinajstić information content (AvgIpc) is 2.04. The molecule has 1 nitrogen and oxygen atoms in total. The van der Waals surface area contributed by atoms with E-state index in [9.17, 15) is 5.11 Å². The molecule has 3 unspecified atom stereocenters. The first-order chi connectivity index (χ1) is 7.03. The van der Waals surface area contributed by atoms with Crippen LogP contribution in [0.3, 0.4) is 0 Å². The maximum Gasteiger partial charge on any atom is 0.0788 e. The van der Waals surface area contributed by atoms with Gasteiger partial charge in [0, 0.05) is 0 Å². The van der Waals surface area contributed by atoms with Crippen LogP contribution in [0.4, 0.5) is 0 Å². The van der Waals surface area contributed by atoms with Crippen LogP contribution < -0.4 is 0 Å². The van der Waals surface area contributed by atoms with E-state index < -0.39 is 0 Å². The van der Waals surface area contributed by atoms with Crippen molar-refractivity contribution in [2.24, 2.45) is 22.7 Å². The molecular weight excluding hydrogens is 196 g/mol. The average molecular weight is 224 g/mol. The summed E-state index contributed by atoms with van der Waals surface area (Å²) in [6.45, 7) is 15.5. The molecule has 3 atom stereocenters. The van der Waals surface area contributed by atoms with E-state index in [0.717, 1.165) is 6.42 Å². The van der Waals surface area contributed by atoms with Crippen molar-refractivity contribution in [1.82, 2.24) is 0 Å². The van der Waals surface area contributed by atoms with Gasteiger partial charge in [-0.05, 0) is 34.7 Å². The SMILES string of the molecule is CC1C=C(C(C)(C)C)C(O)C(C(C)(C)C)C1. The Morgan fingerprint density at radius 3 is 2.00 bits per heavy atom. The number of rotatable bonds is 0. The highest BCUT2D eigenvalue weighted by Gasteiger charge is 2.39. The maximum atomic E-state index is 10.5. The molecular formula is C15H28O. The van der Waals surface area contributed by atoms with E-state index in [1.165, 1.54) is 5.57 Å². The zero-order valence-electron chi connectivity index (χ0n) is 12.0. The smallest absolute Gasteiger partial charge is 0.0788 e. The molecule has 1 rings (SSSR count). The maximum absolute atomic E-state index is 10.5. The van der Waals surface area contributed by atoms with Gasteiger partial charge in [-0.1, -0.05) is 54.5 Å². The highest BCUT2D eigenvalue weighted by molar-refractivity contribution is 5.22. The molecule has 1 N–H and O–H groups in total. The first-order valence-corrected chi connectivity index (χ1v) is 6.43. The Morgan fingerprint density at radius 2 is 1.62 bits per heavy atom. The highest BCUT2D eigenvalue weighted by Crippen LogP contribution is 2.44. The highest BCUT2D eigenvalue weighted by atomic mass is 16.3. The molecule has 0 bridgehead atoms. The molecule has 1 aliphatic rings. The number of aliphatic hydroxyl groups excluding tert-OH is 1. The summed E-state index contributed by atoms with van der Waals surface area (Å²) in [5.41, 5.74) is 1.49. The topological polar surface area (TPSA) is 20.2 Å². The summed E-state index contributed by atoms with van der Waals surface area (Å²) >= 11 is 0. The van der Waals surface area contributed by atoms with Crippen LogP contribution in [-0.4, -0.2) is 11.2 Å². The van der Waals surface area contributed by atoms with Crippen molar-refractivity contribution in [2.75, 3.05) is 0 Å². The minimum atomic E-state index is -0.267. The van der Waals surface area contributed by atoms with Crippen molar-refractivity contribution < 1.29 is 5.11 Å². The second-order valence-electron chi connectivity index (χ2n) is 7.50. The third kappa shape index (κ3) is 2.88.